The van der Waals surface area contributed by atoms with Crippen LogP contribution in [0.1, 0.15) is 19.3 Å². The van der Waals surface area contributed by atoms with Crippen molar-refractivity contribution in [1.29, 1.82) is 0 Å². The van der Waals surface area contributed by atoms with Gasteiger partial charge in [-0.25, -0.2) is 0 Å². The van der Waals surface area contributed by atoms with Gasteiger partial charge >= 0.3 is 5.69 Å². The zero-order valence-corrected chi connectivity index (χ0v) is 10.8. The van der Waals surface area contributed by atoms with E-state index in [1.807, 2.05) is 7.05 Å². The van der Waals surface area contributed by atoms with Gasteiger partial charge in [0, 0.05) is 31.4 Å². The second kappa shape index (κ2) is 5.25. The standard InChI is InChI=1S/C13H18N2O3/c1-14(8-7-10-3-4-10)11-5-6-12(15(16)17)13(9-11)18-2/h5-6,9-10H,3-4,7-8H2,1-2H3. The summed E-state index contributed by atoms with van der Waals surface area (Å²) in [6, 6.07) is 5.00. The molecule has 0 heterocycles. The van der Waals surface area contributed by atoms with Gasteiger partial charge < -0.3 is 9.64 Å². The van der Waals surface area contributed by atoms with Crippen LogP contribution in [-0.4, -0.2) is 25.6 Å². The number of benzene rings is 1. The van der Waals surface area contributed by atoms with Gasteiger partial charge in [-0.15, -0.1) is 0 Å². The first-order valence-electron chi connectivity index (χ1n) is 6.15. The first-order valence-corrected chi connectivity index (χ1v) is 6.15. The van der Waals surface area contributed by atoms with Gasteiger partial charge in [0.1, 0.15) is 0 Å². The van der Waals surface area contributed by atoms with E-state index in [4.69, 9.17) is 4.74 Å². The molecule has 0 N–H and O–H groups in total. The Labute approximate surface area is 107 Å². The molecular weight excluding hydrogens is 232 g/mol. The van der Waals surface area contributed by atoms with Gasteiger partial charge in [-0.1, -0.05) is 12.8 Å². The predicted octanol–water partition coefficient (Wildman–Crippen LogP) is 2.84. The molecule has 1 saturated carbocycles. The number of nitro benzene ring substituents is 1. The smallest absolute Gasteiger partial charge is 0.311 e. The van der Waals surface area contributed by atoms with Gasteiger partial charge in [-0.05, 0) is 18.4 Å². The number of hydrogen-bond acceptors (Lipinski definition) is 4. The Balaban J connectivity index is 2.09. The van der Waals surface area contributed by atoms with E-state index in [2.05, 4.69) is 4.90 Å². The van der Waals surface area contributed by atoms with Crippen molar-refractivity contribution in [3.63, 3.8) is 0 Å². The molecule has 1 aromatic carbocycles. The van der Waals surface area contributed by atoms with E-state index in [9.17, 15) is 10.1 Å². The average Bonchev–Trinajstić information content (AvgIpc) is 3.19. The van der Waals surface area contributed by atoms with E-state index >= 15 is 0 Å². The lowest BCUT2D eigenvalue weighted by molar-refractivity contribution is -0.385. The number of anilines is 1. The molecule has 98 valence electrons. The Morgan fingerprint density at radius 2 is 2.22 bits per heavy atom. The maximum absolute atomic E-state index is 10.8. The highest BCUT2D eigenvalue weighted by atomic mass is 16.6. The minimum absolute atomic E-state index is 0.0110. The van der Waals surface area contributed by atoms with Crippen molar-refractivity contribution in [2.45, 2.75) is 19.3 Å². The number of hydrogen-bond donors (Lipinski definition) is 0. The van der Waals surface area contributed by atoms with Gasteiger partial charge in [-0.3, -0.25) is 10.1 Å². The Morgan fingerprint density at radius 1 is 1.50 bits per heavy atom. The first kappa shape index (κ1) is 12.7. The van der Waals surface area contributed by atoms with Crippen molar-refractivity contribution >= 4 is 11.4 Å². The SMILES string of the molecule is COc1cc(N(C)CCC2CC2)ccc1[N+](=O)[O-]. The van der Waals surface area contributed by atoms with Crippen molar-refractivity contribution in [3.05, 3.63) is 28.3 Å². The summed E-state index contributed by atoms with van der Waals surface area (Å²) >= 11 is 0. The second-order valence-corrected chi connectivity index (χ2v) is 4.77. The lowest BCUT2D eigenvalue weighted by Gasteiger charge is -2.19. The van der Waals surface area contributed by atoms with Crippen LogP contribution >= 0.6 is 0 Å². The quantitative estimate of drug-likeness (QED) is 0.575. The van der Waals surface area contributed by atoms with Crippen LogP contribution in [0.25, 0.3) is 0 Å². The Morgan fingerprint density at radius 3 is 2.78 bits per heavy atom. The molecular formula is C13H18N2O3. The predicted molar refractivity (Wildman–Crippen MR) is 70.3 cm³/mol. The number of rotatable bonds is 6. The topological polar surface area (TPSA) is 55.6 Å². The summed E-state index contributed by atoms with van der Waals surface area (Å²) in [6.07, 6.45) is 3.88. The lowest BCUT2D eigenvalue weighted by Crippen LogP contribution is -2.18. The summed E-state index contributed by atoms with van der Waals surface area (Å²) < 4.78 is 5.07. The van der Waals surface area contributed by atoms with Crippen molar-refractivity contribution in [3.8, 4) is 5.75 Å². The molecule has 0 aromatic heterocycles. The fraction of sp³-hybridized carbons (Fsp3) is 0.538. The number of ether oxygens (including phenoxy) is 1. The monoisotopic (exact) mass is 250 g/mol. The van der Waals surface area contributed by atoms with Gasteiger partial charge in [0.05, 0.1) is 12.0 Å². The van der Waals surface area contributed by atoms with Gasteiger partial charge in [0.25, 0.3) is 0 Å². The van der Waals surface area contributed by atoms with Crippen LogP contribution in [0.5, 0.6) is 5.75 Å². The fourth-order valence-electron chi connectivity index (χ4n) is 1.97. The molecule has 5 nitrogen and oxygen atoms in total. The van der Waals surface area contributed by atoms with E-state index in [0.29, 0.717) is 5.75 Å². The third kappa shape index (κ3) is 2.91. The summed E-state index contributed by atoms with van der Waals surface area (Å²) in [7, 11) is 3.46. The molecule has 0 amide bonds. The van der Waals surface area contributed by atoms with Crippen LogP contribution < -0.4 is 9.64 Å². The molecule has 0 radical (unpaired) electrons. The van der Waals surface area contributed by atoms with Crippen LogP contribution in [0, 0.1) is 16.0 Å². The van der Waals surface area contributed by atoms with E-state index in [0.717, 1.165) is 18.2 Å². The molecule has 0 aliphatic heterocycles. The maximum Gasteiger partial charge on any atom is 0.311 e. The highest BCUT2D eigenvalue weighted by molar-refractivity contribution is 5.58. The van der Waals surface area contributed by atoms with Gasteiger partial charge in [-0.2, -0.15) is 0 Å². The fourth-order valence-corrected chi connectivity index (χ4v) is 1.97. The zero-order valence-electron chi connectivity index (χ0n) is 10.8. The van der Waals surface area contributed by atoms with E-state index in [-0.39, 0.29) is 5.69 Å². The molecule has 0 unspecified atom stereocenters. The van der Waals surface area contributed by atoms with Crippen LogP contribution in [0.15, 0.2) is 18.2 Å². The van der Waals surface area contributed by atoms with E-state index < -0.39 is 4.92 Å². The summed E-state index contributed by atoms with van der Waals surface area (Å²) in [5.41, 5.74) is 0.968. The molecule has 1 aromatic rings. The zero-order chi connectivity index (χ0) is 13.1. The number of methoxy groups -OCH3 is 1. The maximum atomic E-state index is 10.8. The lowest BCUT2D eigenvalue weighted by atomic mass is 10.2. The molecule has 1 aliphatic rings. The first-order chi connectivity index (χ1) is 8.61. The number of nitrogens with zero attached hydrogens (tertiary/aromatic N) is 2. The number of nitro groups is 1. The molecule has 18 heavy (non-hydrogen) atoms. The van der Waals surface area contributed by atoms with Crippen molar-refractivity contribution in [1.82, 2.24) is 0 Å². The largest absolute Gasteiger partial charge is 0.490 e. The van der Waals surface area contributed by atoms with Crippen molar-refractivity contribution in [2.75, 3.05) is 25.6 Å². The van der Waals surface area contributed by atoms with Crippen LogP contribution in [0.3, 0.4) is 0 Å². The molecule has 2 rings (SSSR count). The average molecular weight is 250 g/mol. The third-order valence-corrected chi connectivity index (χ3v) is 3.37. The highest BCUT2D eigenvalue weighted by Crippen LogP contribution is 2.34. The summed E-state index contributed by atoms with van der Waals surface area (Å²) in [4.78, 5) is 12.5. The Kier molecular flexibility index (Phi) is 3.69. The summed E-state index contributed by atoms with van der Waals surface area (Å²) in [5, 5.41) is 10.8. The van der Waals surface area contributed by atoms with Crippen molar-refractivity contribution < 1.29 is 9.66 Å². The summed E-state index contributed by atoms with van der Waals surface area (Å²) in [6.45, 7) is 0.978. The minimum atomic E-state index is -0.424. The van der Waals surface area contributed by atoms with Crippen LogP contribution in [-0.2, 0) is 0 Å². The third-order valence-electron chi connectivity index (χ3n) is 3.37. The molecule has 5 heteroatoms. The molecule has 0 atom stereocenters. The van der Waals surface area contributed by atoms with Crippen LogP contribution in [0.4, 0.5) is 11.4 Å². The Hall–Kier alpha value is -1.78. The summed E-state index contributed by atoms with van der Waals surface area (Å²) in [5.74, 6) is 1.20. The second-order valence-electron chi connectivity index (χ2n) is 4.77. The molecule has 1 fully saturated rings. The normalized spacial score (nSPS) is 14.3. The molecule has 0 spiro atoms. The molecule has 1 aliphatic carbocycles. The Bertz CT molecular complexity index is 444. The van der Waals surface area contributed by atoms with Crippen molar-refractivity contribution in [2.24, 2.45) is 5.92 Å². The van der Waals surface area contributed by atoms with E-state index in [1.54, 1.807) is 12.1 Å². The van der Waals surface area contributed by atoms with Gasteiger partial charge in [0.2, 0.25) is 0 Å². The van der Waals surface area contributed by atoms with E-state index in [1.165, 1.54) is 32.4 Å². The van der Waals surface area contributed by atoms with Gasteiger partial charge in [0.15, 0.2) is 5.75 Å². The molecule has 0 bridgehead atoms. The highest BCUT2D eigenvalue weighted by Gasteiger charge is 2.22. The van der Waals surface area contributed by atoms with Crippen LogP contribution in [0.2, 0.25) is 0 Å². The minimum Gasteiger partial charge on any atom is -0.490 e. The molecule has 0 saturated heterocycles.